The molecule has 3 nitrogen and oxygen atoms in total. The maximum atomic E-state index is 12.6. The van der Waals surface area contributed by atoms with Gasteiger partial charge < -0.3 is 10.6 Å². The first-order valence-electron chi connectivity index (χ1n) is 7.68. The molecular formula is C17H25ClN2O. The smallest absolute Gasteiger partial charge is 0.226 e. The van der Waals surface area contributed by atoms with Gasteiger partial charge in [-0.3, -0.25) is 4.79 Å². The number of nitrogens with one attached hydrogen (secondary N) is 2. The monoisotopic (exact) mass is 308 g/mol. The summed E-state index contributed by atoms with van der Waals surface area (Å²) in [5.74, 6) is 0.516. The Morgan fingerprint density at radius 1 is 1.38 bits per heavy atom. The Morgan fingerprint density at radius 2 is 2.05 bits per heavy atom. The topological polar surface area (TPSA) is 41.1 Å². The summed E-state index contributed by atoms with van der Waals surface area (Å²) < 4.78 is 0. The zero-order valence-corrected chi connectivity index (χ0v) is 13.8. The van der Waals surface area contributed by atoms with Gasteiger partial charge >= 0.3 is 0 Å². The van der Waals surface area contributed by atoms with Gasteiger partial charge in [0, 0.05) is 10.4 Å². The molecule has 0 radical (unpaired) electrons. The Kier molecular flexibility index (Phi) is 5.28. The quantitative estimate of drug-likeness (QED) is 0.893. The molecule has 116 valence electrons. The summed E-state index contributed by atoms with van der Waals surface area (Å²) in [7, 11) is 0. The van der Waals surface area contributed by atoms with Crippen LogP contribution in [0, 0.1) is 11.3 Å². The van der Waals surface area contributed by atoms with Crippen LogP contribution in [0.4, 0.5) is 0 Å². The molecule has 1 aromatic carbocycles. The van der Waals surface area contributed by atoms with Crippen molar-refractivity contribution in [2.45, 2.75) is 39.7 Å². The minimum atomic E-state index is -0.353. The van der Waals surface area contributed by atoms with E-state index in [1.807, 2.05) is 31.2 Å². The van der Waals surface area contributed by atoms with Crippen molar-refractivity contribution in [2.75, 3.05) is 13.1 Å². The molecule has 0 aliphatic carbocycles. The molecule has 1 aromatic rings. The Hall–Kier alpha value is -1.06. The van der Waals surface area contributed by atoms with Gasteiger partial charge in [-0.15, -0.1) is 0 Å². The normalized spacial score (nSPS) is 20.9. The van der Waals surface area contributed by atoms with E-state index in [0.717, 1.165) is 31.5 Å². The third-order valence-corrected chi connectivity index (χ3v) is 4.87. The molecule has 1 heterocycles. The van der Waals surface area contributed by atoms with E-state index in [-0.39, 0.29) is 17.4 Å². The Balaban J connectivity index is 2.00. The van der Waals surface area contributed by atoms with E-state index in [0.29, 0.717) is 10.9 Å². The van der Waals surface area contributed by atoms with Crippen LogP contribution in [0.25, 0.3) is 0 Å². The highest BCUT2D eigenvalue weighted by molar-refractivity contribution is 6.30. The van der Waals surface area contributed by atoms with Crippen LogP contribution in [0.3, 0.4) is 0 Å². The third kappa shape index (κ3) is 3.98. The van der Waals surface area contributed by atoms with Gasteiger partial charge in [-0.05, 0) is 56.5 Å². The second-order valence-corrected chi connectivity index (χ2v) is 6.95. The maximum absolute atomic E-state index is 12.6. The molecule has 1 amide bonds. The fourth-order valence-corrected chi connectivity index (χ4v) is 3.00. The van der Waals surface area contributed by atoms with E-state index in [9.17, 15) is 4.79 Å². The summed E-state index contributed by atoms with van der Waals surface area (Å²) >= 11 is 5.90. The highest BCUT2D eigenvalue weighted by atomic mass is 35.5. The number of piperidine rings is 1. The Morgan fingerprint density at radius 3 is 2.62 bits per heavy atom. The molecule has 0 aromatic heterocycles. The third-order valence-electron chi connectivity index (χ3n) is 4.62. The lowest BCUT2D eigenvalue weighted by Crippen LogP contribution is -2.47. The van der Waals surface area contributed by atoms with Gasteiger partial charge in [-0.1, -0.05) is 37.6 Å². The first kappa shape index (κ1) is 16.3. The number of carbonyl (C=O) groups is 1. The molecule has 1 saturated heterocycles. The lowest BCUT2D eigenvalue weighted by Gasteiger charge is -2.36. The summed E-state index contributed by atoms with van der Waals surface area (Å²) in [6.45, 7) is 8.10. The van der Waals surface area contributed by atoms with Crippen molar-refractivity contribution in [2.24, 2.45) is 11.3 Å². The van der Waals surface area contributed by atoms with Gasteiger partial charge in [0.25, 0.3) is 0 Å². The molecule has 0 saturated carbocycles. The van der Waals surface area contributed by atoms with Crippen LogP contribution in [0.15, 0.2) is 24.3 Å². The minimum absolute atomic E-state index is 0.00871. The minimum Gasteiger partial charge on any atom is -0.349 e. The first-order chi connectivity index (χ1) is 9.91. The van der Waals surface area contributed by atoms with Crippen LogP contribution in [0.1, 0.15) is 45.2 Å². The molecule has 1 unspecified atom stereocenters. The fourth-order valence-electron chi connectivity index (χ4n) is 2.87. The van der Waals surface area contributed by atoms with E-state index in [2.05, 4.69) is 24.5 Å². The molecule has 21 heavy (non-hydrogen) atoms. The molecule has 2 rings (SSSR count). The molecule has 0 spiro atoms. The van der Waals surface area contributed by atoms with E-state index in [4.69, 9.17) is 11.6 Å². The number of halogens is 1. The summed E-state index contributed by atoms with van der Waals surface area (Å²) in [6.07, 6.45) is 2.26. The zero-order valence-electron chi connectivity index (χ0n) is 13.1. The van der Waals surface area contributed by atoms with E-state index < -0.39 is 0 Å². The largest absolute Gasteiger partial charge is 0.349 e. The molecule has 4 heteroatoms. The van der Waals surface area contributed by atoms with Crippen LogP contribution in [0.5, 0.6) is 0 Å². The first-order valence-corrected chi connectivity index (χ1v) is 8.06. The highest BCUT2D eigenvalue weighted by Crippen LogP contribution is 2.32. The van der Waals surface area contributed by atoms with Gasteiger partial charge in [-0.2, -0.15) is 0 Å². The van der Waals surface area contributed by atoms with Crippen molar-refractivity contribution < 1.29 is 4.79 Å². The molecule has 1 aliphatic heterocycles. The molecule has 2 atom stereocenters. The van der Waals surface area contributed by atoms with Crippen LogP contribution in [0.2, 0.25) is 5.02 Å². The second-order valence-electron chi connectivity index (χ2n) is 6.51. The Labute approximate surface area is 132 Å². The van der Waals surface area contributed by atoms with Gasteiger partial charge in [-0.25, -0.2) is 0 Å². The predicted octanol–water partition coefficient (Wildman–Crippen LogP) is 3.54. The fraction of sp³-hybridized carbons (Fsp3) is 0.588. The van der Waals surface area contributed by atoms with Gasteiger partial charge in [0.1, 0.15) is 0 Å². The predicted molar refractivity (Wildman–Crippen MR) is 87.4 cm³/mol. The van der Waals surface area contributed by atoms with E-state index in [1.54, 1.807) is 0 Å². The average Bonchev–Trinajstić information content (AvgIpc) is 2.48. The number of hydrogen-bond acceptors (Lipinski definition) is 2. The van der Waals surface area contributed by atoms with E-state index >= 15 is 0 Å². The van der Waals surface area contributed by atoms with Crippen molar-refractivity contribution in [3.05, 3.63) is 34.9 Å². The molecular weight excluding hydrogens is 284 g/mol. The highest BCUT2D eigenvalue weighted by Gasteiger charge is 2.37. The average molecular weight is 309 g/mol. The summed E-state index contributed by atoms with van der Waals surface area (Å²) in [4.78, 5) is 12.6. The van der Waals surface area contributed by atoms with Crippen LogP contribution in [-0.4, -0.2) is 19.0 Å². The summed E-state index contributed by atoms with van der Waals surface area (Å²) in [5, 5.41) is 7.25. The lowest BCUT2D eigenvalue weighted by molar-refractivity contribution is -0.133. The molecule has 1 fully saturated rings. The number of carbonyl (C=O) groups excluding carboxylic acids is 1. The van der Waals surface area contributed by atoms with Crippen molar-refractivity contribution in [1.29, 1.82) is 0 Å². The van der Waals surface area contributed by atoms with Gasteiger partial charge in [0.05, 0.1) is 6.04 Å². The summed E-state index contributed by atoms with van der Waals surface area (Å²) in [5.41, 5.74) is 0.721. The maximum Gasteiger partial charge on any atom is 0.226 e. The van der Waals surface area contributed by atoms with Gasteiger partial charge in [0.2, 0.25) is 5.91 Å². The molecule has 0 bridgehead atoms. The molecule has 2 N–H and O–H groups in total. The Bertz CT molecular complexity index is 478. The standard InChI is InChI=1S/C17H25ClN2O/c1-12(13-6-8-15(18)9-7-13)20-16(21)17(2,3)14-5-4-10-19-11-14/h6-9,12,14,19H,4-5,10-11H2,1-3H3,(H,20,21)/t12-,14?/m1/s1. The van der Waals surface area contributed by atoms with Crippen LogP contribution in [-0.2, 0) is 4.79 Å². The lowest BCUT2D eigenvalue weighted by atomic mass is 9.74. The summed E-state index contributed by atoms with van der Waals surface area (Å²) in [6, 6.07) is 7.63. The van der Waals surface area contributed by atoms with Crippen LogP contribution >= 0.6 is 11.6 Å². The van der Waals surface area contributed by atoms with Crippen LogP contribution < -0.4 is 10.6 Å². The van der Waals surface area contributed by atoms with Crippen molar-refractivity contribution in [3.63, 3.8) is 0 Å². The number of amides is 1. The van der Waals surface area contributed by atoms with E-state index in [1.165, 1.54) is 0 Å². The molecule has 1 aliphatic rings. The van der Waals surface area contributed by atoms with Gasteiger partial charge in [0.15, 0.2) is 0 Å². The second kappa shape index (κ2) is 6.80. The SMILES string of the molecule is C[C@@H](NC(=O)C(C)(C)C1CCCNC1)c1ccc(Cl)cc1. The number of rotatable bonds is 4. The number of hydrogen-bond donors (Lipinski definition) is 2. The van der Waals surface area contributed by atoms with Crippen molar-refractivity contribution in [3.8, 4) is 0 Å². The zero-order chi connectivity index (χ0) is 15.5. The van der Waals surface area contributed by atoms with Crippen molar-refractivity contribution in [1.82, 2.24) is 10.6 Å². The van der Waals surface area contributed by atoms with Crippen molar-refractivity contribution >= 4 is 17.5 Å². The number of benzene rings is 1.